The molecule has 0 bridgehead atoms. The maximum atomic E-state index is 14.0. The molecule has 0 aromatic heterocycles. The summed E-state index contributed by atoms with van der Waals surface area (Å²) < 4.78 is 14.0. The molecule has 2 atom stereocenters. The van der Waals surface area contributed by atoms with Gasteiger partial charge in [0.15, 0.2) is 0 Å². The van der Waals surface area contributed by atoms with Crippen molar-refractivity contribution in [1.29, 1.82) is 0 Å². The molecule has 1 aliphatic rings. The lowest BCUT2D eigenvalue weighted by Gasteiger charge is -2.41. The fraction of sp³-hybridized carbons (Fsp3) is 0.571. The van der Waals surface area contributed by atoms with Gasteiger partial charge in [0.1, 0.15) is 5.82 Å². The molecule has 100 valence electrons. The summed E-state index contributed by atoms with van der Waals surface area (Å²) in [6.07, 6.45) is 2.05. The standard InChI is InChI=1S/C14H20ClFN2/c1-3-11-9-18(12(4-2)8-17-11)14-7-10(15)5-6-13(14)16/h5-7,11-12,17H,3-4,8-9H2,1-2H3. The van der Waals surface area contributed by atoms with Gasteiger partial charge in [0.2, 0.25) is 0 Å². The molecule has 0 amide bonds. The Morgan fingerprint density at radius 3 is 2.83 bits per heavy atom. The van der Waals surface area contributed by atoms with E-state index in [1.54, 1.807) is 12.1 Å². The average Bonchev–Trinajstić information content (AvgIpc) is 2.40. The molecule has 1 aromatic carbocycles. The smallest absolute Gasteiger partial charge is 0.146 e. The third kappa shape index (κ3) is 2.78. The molecule has 0 saturated carbocycles. The quantitative estimate of drug-likeness (QED) is 0.905. The molecule has 4 heteroatoms. The van der Waals surface area contributed by atoms with E-state index in [0.29, 0.717) is 22.8 Å². The van der Waals surface area contributed by atoms with Crippen LogP contribution in [-0.2, 0) is 0 Å². The van der Waals surface area contributed by atoms with Crippen LogP contribution in [0, 0.1) is 5.82 Å². The first-order chi connectivity index (χ1) is 8.65. The Hall–Kier alpha value is -0.800. The summed E-state index contributed by atoms with van der Waals surface area (Å²) in [4.78, 5) is 2.16. The van der Waals surface area contributed by atoms with Crippen LogP contribution in [-0.4, -0.2) is 25.2 Å². The number of benzene rings is 1. The highest BCUT2D eigenvalue weighted by atomic mass is 35.5. The van der Waals surface area contributed by atoms with Crippen molar-refractivity contribution >= 4 is 17.3 Å². The first-order valence-electron chi connectivity index (χ1n) is 6.60. The van der Waals surface area contributed by atoms with Crippen molar-refractivity contribution in [2.24, 2.45) is 0 Å². The Labute approximate surface area is 113 Å². The Bertz CT molecular complexity index is 411. The molecule has 2 nitrogen and oxygen atoms in total. The summed E-state index contributed by atoms with van der Waals surface area (Å²) in [6, 6.07) is 5.54. The van der Waals surface area contributed by atoms with E-state index in [2.05, 4.69) is 24.1 Å². The molecular formula is C14H20ClFN2. The number of nitrogens with zero attached hydrogens (tertiary/aromatic N) is 1. The van der Waals surface area contributed by atoms with Crippen LogP contribution in [0.15, 0.2) is 18.2 Å². The lowest BCUT2D eigenvalue weighted by Crippen LogP contribution is -2.56. The van der Waals surface area contributed by atoms with Gasteiger partial charge in [0.05, 0.1) is 5.69 Å². The predicted molar refractivity (Wildman–Crippen MR) is 74.9 cm³/mol. The summed E-state index contributed by atoms with van der Waals surface area (Å²) in [6.45, 7) is 6.03. The second kappa shape index (κ2) is 5.89. The molecular weight excluding hydrogens is 251 g/mol. The van der Waals surface area contributed by atoms with Crippen molar-refractivity contribution in [3.63, 3.8) is 0 Å². The van der Waals surface area contributed by atoms with Crippen LogP contribution < -0.4 is 10.2 Å². The highest BCUT2D eigenvalue weighted by molar-refractivity contribution is 6.30. The van der Waals surface area contributed by atoms with Crippen molar-refractivity contribution < 1.29 is 4.39 Å². The molecule has 1 aromatic rings. The van der Waals surface area contributed by atoms with E-state index in [4.69, 9.17) is 11.6 Å². The largest absolute Gasteiger partial charge is 0.363 e. The van der Waals surface area contributed by atoms with Gasteiger partial charge in [0, 0.05) is 30.2 Å². The normalized spacial score (nSPS) is 24.3. The SMILES string of the molecule is CCC1CN(c2cc(Cl)ccc2F)C(CC)CN1. The zero-order chi connectivity index (χ0) is 13.1. The van der Waals surface area contributed by atoms with Crippen molar-refractivity contribution in [1.82, 2.24) is 5.32 Å². The van der Waals surface area contributed by atoms with Crippen molar-refractivity contribution in [2.45, 2.75) is 38.8 Å². The average molecular weight is 271 g/mol. The maximum Gasteiger partial charge on any atom is 0.146 e. The first kappa shape index (κ1) is 13.6. The number of hydrogen-bond donors (Lipinski definition) is 1. The van der Waals surface area contributed by atoms with Crippen molar-refractivity contribution in [3.8, 4) is 0 Å². The van der Waals surface area contributed by atoms with Crippen LogP contribution in [0.3, 0.4) is 0 Å². The third-order valence-corrected chi connectivity index (χ3v) is 3.92. The third-order valence-electron chi connectivity index (χ3n) is 3.68. The van der Waals surface area contributed by atoms with Crippen LogP contribution in [0.2, 0.25) is 5.02 Å². The summed E-state index contributed by atoms with van der Waals surface area (Å²) in [7, 11) is 0. The second-order valence-corrected chi connectivity index (χ2v) is 5.26. The minimum atomic E-state index is -0.186. The lowest BCUT2D eigenvalue weighted by atomic mass is 10.0. The number of piperazine rings is 1. The van der Waals surface area contributed by atoms with Gasteiger partial charge in [-0.3, -0.25) is 0 Å². The van der Waals surface area contributed by atoms with E-state index >= 15 is 0 Å². The summed E-state index contributed by atoms with van der Waals surface area (Å²) in [5.74, 6) is -0.186. The van der Waals surface area contributed by atoms with Gasteiger partial charge in [-0.2, -0.15) is 0 Å². The fourth-order valence-electron chi connectivity index (χ4n) is 2.50. The van der Waals surface area contributed by atoms with E-state index in [9.17, 15) is 4.39 Å². The van der Waals surface area contributed by atoms with E-state index in [1.807, 2.05) is 0 Å². The van der Waals surface area contributed by atoms with Gasteiger partial charge in [0.25, 0.3) is 0 Å². The van der Waals surface area contributed by atoms with Crippen LogP contribution >= 0.6 is 11.6 Å². The molecule has 0 spiro atoms. The van der Waals surface area contributed by atoms with Crippen LogP contribution in [0.1, 0.15) is 26.7 Å². The van der Waals surface area contributed by atoms with E-state index in [-0.39, 0.29) is 5.82 Å². The zero-order valence-electron chi connectivity index (χ0n) is 10.9. The van der Waals surface area contributed by atoms with Crippen LogP contribution in [0.4, 0.5) is 10.1 Å². The Kier molecular flexibility index (Phi) is 4.46. The highest BCUT2D eigenvalue weighted by Gasteiger charge is 2.27. The highest BCUT2D eigenvalue weighted by Crippen LogP contribution is 2.28. The molecule has 0 aliphatic carbocycles. The molecule has 2 rings (SSSR count). The molecule has 2 unspecified atom stereocenters. The predicted octanol–water partition coefficient (Wildman–Crippen LogP) is 3.45. The Morgan fingerprint density at radius 2 is 2.17 bits per heavy atom. The van der Waals surface area contributed by atoms with Gasteiger partial charge in [-0.25, -0.2) is 4.39 Å². The number of nitrogens with one attached hydrogen (secondary N) is 1. The topological polar surface area (TPSA) is 15.3 Å². The van der Waals surface area contributed by atoms with Gasteiger partial charge in [-0.1, -0.05) is 25.4 Å². The Balaban J connectivity index is 2.29. The maximum absolute atomic E-state index is 14.0. The van der Waals surface area contributed by atoms with E-state index in [0.717, 1.165) is 25.9 Å². The van der Waals surface area contributed by atoms with Crippen LogP contribution in [0.25, 0.3) is 0 Å². The van der Waals surface area contributed by atoms with Gasteiger partial charge in [-0.15, -0.1) is 0 Å². The van der Waals surface area contributed by atoms with Crippen LogP contribution in [0.5, 0.6) is 0 Å². The number of anilines is 1. The molecule has 0 radical (unpaired) electrons. The van der Waals surface area contributed by atoms with Gasteiger partial charge < -0.3 is 10.2 Å². The molecule has 1 saturated heterocycles. The number of halogens is 2. The Morgan fingerprint density at radius 1 is 1.39 bits per heavy atom. The van der Waals surface area contributed by atoms with Crippen molar-refractivity contribution in [2.75, 3.05) is 18.0 Å². The minimum absolute atomic E-state index is 0.186. The molecule has 1 N–H and O–H groups in total. The minimum Gasteiger partial charge on any atom is -0.363 e. The second-order valence-electron chi connectivity index (χ2n) is 4.82. The lowest BCUT2D eigenvalue weighted by molar-refractivity contribution is 0.375. The van der Waals surface area contributed by atoms with Gasteiger partial charge in [-0.05, 0) is 31.0 Å². The zero-order valence-corrected chi connectivity index (χ0v) is 11.7. The van der Waals surface area contributed by atoms with Crippen molar-refractivity contribution in [3.05, 3.63) is 29.0 Å². The monoisotopic (exact) mass is 270 g/mol. The molecule has 1 heterocycles. The molecule has 1 fully saturated rings. The number of hydrogen-bond acceptors (Lipinski definition) is 2. The van der Waals surface area contributed by atoms with E-state index < -0.39 is 0 Å². The first-order valence-corrected chi connectivity index (χ1v) is 6.98. The summed E-state index contributed by atoms with van der Waals surface area (Å²) in [5.41, 5.74) is 0.634. The van der Waals surface area contributed by atoms with Gasteiger partial charge >= 0.3 is 0 Å². The molecule has 18 heavy (non-hydrogen) atoms. The molecule has 1 aliphatic heterocycles. The summed E-state index contributed by atoms with van der Waals surface area (Å²) >= 11 is 5.99. The summed E-state index contributed by atoms with van der Waals surface area (Å²) in [5, 5.41) is 4.10. The fourth-order valence-corrected chi connectivity index (χ4v) is 2.67. The van der Waals surface area contributed by atoms with E-state index in [1.165, 1.54) is 6.07 Å². The number of rotatable bonds is 3.